The van der Waals surface area contributed by atoms with Crippen molar-refractivity contribution in [3.05, 3.63) is 29.8 Å². The molecule has 150 valence electrons. The van der Waals surface area contributed by atoms with Gasteiger partial charge in [-0.3, -0.25) is 9.69 Å². The van der Waals surface area contributed by atoms with E-state index in [0.717, 1.165) is 12.8 Å². The van der Waals surface area contributed by atoms with Gasteiger partial charge in [0.25, 0.3) is 5.91 Å². The van der Waals surface area contributed by atoms with Gasteiger partial charge in [-0.2, -0.15) is 0 Å². The maximum atomic E-state index is 12.5. The topological polar surface area (TPSA) is 117 Å². The summed E-state index contributed by atoms with van der Waals surface area (Å²) >= 11 is 0. The van der Waals surface area contributed by atoms with Crippen molar-refractivity contribution >= 4 is 29.6 Å². The molecule has 3 N–H and O–H groups in total. The zero-order valence-electron chi connectivity index (χ0n) is 15.7. The van der Waals surface area contributed by atoms with E-state index in [0.29, 0.717) is 37.1 Å². The molecule has 3 rings (SSSR count). The number of carbonyl (C=O) groups excluding carboxylic acids is 4. The van der Waals surface area contributed by atoms with E-state index in [1.54, 1.807) is 24.3 Å². The number of nitrogens with one attached hydrogen (secondary N) is 3. The summed E-state index contributed by atoms with van der Waals surface area (Å²) in [7, 11) is 1.30. The number of urea groups is 2. The first-order valence-electron chi connectivity index (χ1n) is 9.32. The van der Waals surface area contributed by atoms with Crippen molar-refractivity contribution in [1.29, 1.82) is 0 Å². The van der Waals surface area contributed by atoms with Crippen LogP contribution in [0.5, 0.6) is 0 Å². The molecule has 2 aliphatic rings. The lowest BCUT2D eigenvalue weighted by atomic mass is 9.98. The molecule has 0 aromatic heterocycles. The summed E-state index contributed by atoms with van der Waals surface area (Å²) < 4.78 is 4.62. The van der Waals surface area contributed by atoms with Crippen LogP contribution in [0.1, 0.15) is 42.5 Å². The molecular weight excluding hydrogens is 364 g/mol. The third-order valence-corrected chi connectivity index (χ3v) is 5.11. The lowest BCUT2D eigenvalue weighted by Gasteiger charge is -2.20. The molecule has 2 fully saturated rings. The molecular formula is C19H24N4O5. The molecule has 0 unspecified atom stereocenters. The van der Waals surface area contributed by atoms with Gasteiger partial charge in [0, 0.05) is 18.8 Å². The van der Waals surface area contributed by atoms with E-state index in [1.807, 2.05) is 0 Å². The molecule has 1 aromatic carbocycles. The molecule has 1 aromatic rings. The maximum Gasteiger partial charge on any atom is 0.337 e. The van der Waals surface area contributed by atoms with Crippen LogP contribution in [-0.2, 0) is 9.53 Å². The normalized spacial score (nSPS) is 17.5. The van der Waals surface area contributed by atoms with Gasteiger partial charge in [0.1, 0.15) is 5.54 Å². The van der Waals surface area contributed by atoms with Crippen LogP contribution in [0.15, 0.2) is 24.3 Å². The van der Waals surface area contributed by atoms with Crippen molar-refractivity contribution in [3.63, 3.8) is 0 Å². The molecule has 0 radical (unpaired) electrons. The lowest BCUT2D eigenvalue weighted by Crippen LogP contribution is -2.44. The van der Waals surface area contributed by atoms with Gasteiger partial charge in [0.15, 0.2) is 0 Å². The number of hydrogen-bond donors (Lipinski definition) is 3. The Morgan fingerprint density at radius 2 is 1.86 bits per heavy atom. The Morgan fingerprint density at radius 3 is 2.50 bits per heavy atom. The highest BCUT2D eigenvalue weighted by Crippen LogP contribution is 2.34. The number of anilines is 1. The van der Waals surface area contributed by atoms with Crippen molar-refractivity contribution in [3.8, 4) is 0 Å². The largest absolute Gasteiger partial charge is 0.465 e. The van der Waals surface area contributed by atoms with Crippen molar-refractivity contribution < 1.29 is 23.9 Å². The number of amides is 5. The molecule has 28 heavy (non-hydrogen) atoms. The molecule has 9 heteroatoms. The van der Waals surface area contributed by atoms with E-state index in [2.05, 4.69) is 20.7 Å². The second-order valence-corrected chi connectivity index (χ2v) is 6.98. The van der Waals surface area contributed by atoms with E-state index in [1.165, 1.54) is 12.0 Å². The number of esters is 1. The van der Waals surface area contributed by atoms with Crippen LogP contribution in [0.4, 0.5) is 15.3 Å². The van der Waals surface area contributed by atoms with Crippen LogP contribution in [0, 0.1) is 0 Å². The fourth-order valence-electron chi connectivity index (χ4n) is 3.62. The van der Waals surface area contributed by atoms with Crippen molar-refractivity contribution in [1.82, 2.24) is 15.5 Å². The Bertz CT molecular complexity index is 771. The Kier molecular flexibility index (Phi) is 5.81. The number of imide groups is 1. The number of hydrogen-bond acceptors (Lipinski definition) is 5. The van der Waals surface area contributed by atoms with E-state index in [4.69, 9.17) is 0 Å². The fourth-order valence-corrected chi connectivity index (χ4v) is 3.62. The zero-order chi connectivity index (χ0) is 20.1. The van der Waals surface area contributed by atoms with Gasteiger partial charge in [0.2, 0.25) is 0 Å². The number of methoxy groups -OCH3 is 1. The number of benzene rings is 1. The minimum Gasteiger partial charge on any atom is -0.465 e. The smallest absolute Gasteiger partial charge is 0.337 e. The summed E-state index contributed by atoms with van der Waals surface area (Å²) in [5, 5.41) is 8.17. The summed E-state index contributed by atoms with van der Waals surface area (Å²) in [6.45, 7) is 0.580. The quantitative estimate of drug-likeness (QED) is 0.391. The Labute approximate surface area is 162 Å². The van der Waals surface area contributed by atoms with E-state index in [-0.39, 0.29) is 18.5 Å². The van der Waals surface area contributed by atoms with Crippen LogP contribution >= 0.6 is 0 Å². The molecule has 0 atom stereocenters. The number of ether oxygens (including phenoxy) is 1. The minimum atomic E-state index is -0.696. The first-order valence-corrected chi connectivity index (χ1v) is 9.32. The average molecular weight is 388 g/mol. The fraction of sp³-hybridized carbons (Fsp3) is 0.474. The van der Waals surface area contributed by atoms with E-state index in [9.17, 15) is 19.2 Å². The van der Waals surface area contributed by atoms with Crippen LogP contribution in [0.2, 0.25) is 0 Å². The molecule has 1 heterocycles. The van der Waals surface area contributed by atoms with Gasteiger partial charge in [0.05, 0.1) is 12.7 Å². The molecule has 1 saturated carbocycles. The first kappa shape index (κ1) is 19.7. The van der Waals surface area contributed by atoms with Gasteiger partial charge in [-0.05, 0) is 43.5 Å². The summed E-state index contributed by atoms with van der Waals surface area (Å²) in [6.07, 6.45) is 3.75. The molecule has 1 aliphatic heterocycles. The zero-order valence-corrected chi connectivity index (χ0v) is 15.7. The van der Waals surface area contributed by atoms with Gasteiger partial charge in [-0.15, -0.1) is 0 Å². The van der Waals surface area contributed by atoms with Gasteiger partial charge < -0.3 is 20.7 Å². The predicted molar refractivity (Wildman–Crippen MR) is 101 cm³/mol. The third kappa shape index (κ3) is 4.08. The van der Waals surface area contributed by atoms with Crippen LogP contribution in [0.3, 0.4) is 0 Å². The predicted octanol–water partition coefficient (Wildman–Crippen LogP) is 1.85. The number of carbonyl (C=O) groups is 4. The molecule has 1 saturated heterocycles. The summed E-state index contributed by atoms with van der Waals surface area (Å²) in [6, 6.07) is 5.55. The van der Waals surface area contributed by atoms with Crippen LogP contribution in [-0.4, -0.2) is 54.6 Å². The third-order valence-electron chi connectivity index (χ3n) is 5.11. The highest BCUT2D eigenvalue weighted by Gasteiger charge is 2.51. The minimum absolute atomic E-state index is 0.148. The monoisotopic (exact) mass is 388 g/mol. The lowest BCUT2D eigenvalue weighted by molar-refractivity contribution is -0.131. The summed E-state index contributed by atoms with van der Waals surface area (Å²) in [4.78, 5) is 49.2. The number of rotatable bonds is 6. The van der Waals surface area contributed by atoms with Crippen molar-refractivity contribution in [2.24, 2.45) is 0 Å². The van der Waals surface area contributed by atoms with Crippen LogP contribution in [0.25, 0.3) is 0 Å². The van der Waals surface area contributed by atoms with Crippen molar-refractivity contribution in [2.75, 3.05) is 25.5 Å². The van der Waals surface area contributed by atoms with Crippen molar-refractivity contribution in [2.45, 2.75) is 37.6 Å². The van der Waals surface area contributed by atoms with Crippen LogP contribution < -0.4 is 16.0 Å². The van der Waals surface area contributed by atoms with Gasteiger partial charge in [-0.1, -0.05) is 12.8 Å². The molecule has 9 nitrogen and oxygen atoms in total. The maximum absolute atomic E-state index is 12.5. The Balaban J connectivity index is 1.40. The standard InChI is InChI=1S/C19H24N4O5/c1-28-15(24)13-5-7-14(8-6-13)21-17(26)20-11-4-12-23-16(25)19(22-18(23)27)9-2-3-10-19/h5-8H,2-4,9-12H2,1H3,(H,22,27)(H2,20,21,26). The van der Waals surface area contributed by atoms with Gasteiger partial charge in [-0.25, -0.2) is 14.4 Å². The highest BCUT2D eigenvalue weighted by atomic mass is 16.5. The number of nitrogens with zero attached hydrogens (tertiary/aromatic N) is 1. The van der Waals surface area contributed by atoms with Gasteiger partial charge >= 0.3 is 18.0 Å². The molecule has 5 amide bonds. The highest BCUT2D eigenvalue weighted by molar-refractivity contribution is 6.07. The summed E-state index contributed by atoms with van der Waals surface area (Å²) in [5.74, 6) is -0.596. The average Bonchev–Trinajstić information content (AvgIpc) is 3.25. The SMILES string of the molecule is COC(=O)c1ccc(NC(=O)NCCCN2C(=O)NC3(CCCC3)C2=O)cc1. The molecule has 0 bridgehead atoms. The Morgan fingerprint density at radius 1 is 1.18 bits per heavy atom. The molecule has 1 aliphatic carbocycles. The second kappa shape index (κ2) is 8.28. The first-order chi connectivity index (χ1) is 13.4. The second-order valence-electron chi connectivity index (χ2n) is 6.98. The molecule has 1 spiro atoms. The summed E-state index contributed by atoms with van der Waals surface area (Å²) in [5.41, 5.74) is 0.225. The van der Waals surface area contributed by atoms with E-state index < -0.39 is 17.5 Å². The Hall–Kier alpha value is -3.10. The van der Waals surface area contributed by atoms with E-state index >= 15 is 0 Å².